The molecule has 0 saturated heterocycles. The first-order valence-corrected chi connectivity index (χ1v) is 12.1. The third-order valence-electron chi connectivity index (χ3n) is 5.31. The number of amides is 1. The van der Waals surface area contributed by atoms with Crippen LogP contribution in [0.2, 0.25) is 0 Å². The van der Waals surface area contributed by atoms with Gasteiger partial charge in [0.15, 0.2) is 17.1 Å². The van der Waals surface area contributed by atoms with E-state index in [2.05, 4.69) is 33.9 Å². The van der Waals surface area contributed by atoms with Gasteiger partial charge in [-0.1, -0.05) is 50.9 Å². The lowest BCUT2D eigenvalue weighted by molar-refractivity contribution is -0.119. The molecule has 1 N–H and O–H groups in total. The number of nitrogens with zero attached hydrogens (tertiary/aromatic N) is 3. The minimum atomic E-state index is -0.288. The largest absolute Gasteiger partial charge is 0.497 e. The summed E-state index contributed by atoms with van der Waals surface area (Å²) in [5.41, 5.74) is 0. The summed E-state index contributed by atoms with van der Waals surface area (Å²) in [4.78, 5) is 12.4. The van der Waals surface area contributed by atoms with E-state index in [1.54, 1.807) is 7.11 Å². The number of benzene rings is 1. The molecule has 2 aromatic rings. The van der Waals surface area contributed by atoms with Gasteiger partial charge in [-0.05, 0) is 37.8 Å². The van der Waals surface area contributed by atoms with Gasteiger partial charge >= 0.3 is 0 Å². The number of thioether (sulfide) groups is 1. The lowest BCUT2D eigenvalue weighted by Crippen LogP contribution is -2.37. The standard InChI is InChI=1S/C23H34N4O3S/c1-16(2)14-27-22(17(3)30-20-12-8-11-19(13-20)29-4)25-26-23(27)31-15-21(28)24-18-9-6-5-7-10-18/h8,11-13,16-18H,5-7,9-10,14-15H2,1-4H3,(H,24,28). The van der Waals surface area contributed by atoms with Gasteiger partial charge < -0.3 is 19.4 Å². The second-order valence-electron chi connectivity index (χ2n) is 8.48. The van der Waals surface area contributed by atoms with Gasteiger partial charge in [0.25, 0.3) is 0 Å². The predicted octanol–water partition coefficient (Wildman–Crippen LogP) is 4.62. The Morgan fingerprint density at radius 2 is 1.94 bits per heavy atom. The van der Waals surface area contributed by atoms with Gasteiger partial charge in [0.2, 0.25) is 5.91 Å². The summed E-state index contributed by atoms with van der Waals surface area (Å²) < 4.78 is 13.5. The molecule has 1 aromatic carbocycles. The van der Waals surface area contributed by atoms with E-state index in [1.807, 2.05) is 31.2 Å². The molecule has 170 valence electrons. The van der Waals surface area contributed by atoms with Gasteiger partial charge in [0.1, 0.15) is 11.5 Å². The van der Waals surface area contributed by atoms with Crippen molar-refractivity contribution in [3.63, 3.8) is 0 Å². The molecule has 1 amide bonds. The Hall–Kier alpha value is -2.22. The number of carbonyl (C=O) groups is 1. The Labute approximate surface area is 189 Å². The highest BCUT2D eigenvalue weighted by atomic mass is 32.2. The molecule has 0 aliphatic heterocycles. The summed E-state index contributed by atoms with van der Waals surface area (Å²) >= 11 is 1.44. The fourth-order valence-electron chi connectivity index (χ4n) is 3.82. The molecule has 8 heteroatoms. The highest BCUT2D eigenvalue weighted by Crippen LogP contribution is 2.27. The molecule has 1 heterocycles. The number of aromatic nitrogens is 3. The van der Waals surface area contributed by atoms with Crippen LogP contribution in [0, 0.1) is 5.92 Å². The van der Waals surface area contributed by atoms with Crippen molar-refractivity contribution in [1.82, 2.24) is 20.1 Å². The molecule has 1 aliphatic carbocycles. The maximum atomic E-state index is 12.4. The zero-order valence-electron chi connectivity index (χ0n) is 19.0. The molecule has 1 atom stereocenters. The SMILES string of the molecule is COc1cccc(OC(C)c2nnc(SCC(=O)NC3CCCCC3)n2CC(C)C)c1. The predicted molar refractivity (Wildman–Crippen MR) is 123 cm³/mol. The van der Waals surface area contributed by atoms with Crippen LogP contribution < -0.4 is 14.8 Å². The minimum absolute atomic E-state index is 0.0678. The van der Waals surface area contributed by atoms with Crippen LogP contribution in [0.15, 0.2) is 29.4 Å². The quantitative estimate of drug-likeness (QED) is 0.537. The second kappa shape index (κ2) is 11.4. The van der Waals surface area contributed by atoms with E-state index in [0.717, 1.165) is 36.1 Å². The normalized spacial score (nSPS) is 15.6. The maximum Gasteiger partial charge on any atom is 0.230 e. The third kappa shape index (κ3) is 6.89. The first-order chi connectivity index (χ1) is 15.0. The van der Waals surface area contributed by atoms with Gasteiger partial charge in [-0.3, -0.25) is 4.79 Å². The number of nitrogens with one attached hydrogen (secondary N) is 1. The van der Waals surface area contributed by atoms with E-state index in [4.69, 9.17) is 9.47 Å². The molecule has 0 radical (unpaired) electrons. The fraction of sp³-hybridized carbons (Fsp3) is 0.609. The van der Waals surface area contributed by atoms with Crippen LogP contribution in [0.4, 0.5) is 0 Å². The zero-order valence-corrected chi connectivity index (χ0v) is 19.8. The van der Waals surface area contributed by atoms with Crippen molar-refractivity contribution in [2.75, 3.05) is 12.9 Å². The maximum absolute atomic E-state index is 12.4. The average Bonchev–Trinajstić information content (AvgIpc) is 3.15. The Bertz CT molecular complexity index is 849. The van der Waals surface area contributed by atoms with E-state index in [9.17, 15) is 4.79 Å². The Morgan fingerprint density at radius 1 is 1.19 bits per heavy atom. The van der Waals surface area contributed by atoms with Gasteiger partial charge in [-0.2, -0.15) is 0 Å². The van der Waals surface area contributed by atoms with Crippen LogP contribution in [0.5, 0.6) is 11.5 Å². The Morgan fingerprint density at radius 3 is 2.65 bits per heavy atom. The van der Waals surface area contributed by atoms with Crippen molar-refractivity contribution in [3.05, 3.63) is 30.1 Å². The molecule has 1 aromatic heterocycles. The van der Waals surface area contributed by atoms with Gasteiger partial charge in [-0.25, -0.2) is 0 Å². The minimum Gasteiger partial charge on any atom is -0.497 e. The molecular weight excluding hydrogens is 412 g/mol. The van der Waals surface area contributed by atoms with Crippen molar-refractivity contribution in [2.45, 2.75) is 76.7 Å². The van der Waals surface area contributed by atoms with Crippen LogP contribution in [-0.2, 0) is 11.3 Å². The Balaban J connectivity index is 1.66. The smallest absolute Gasteiger partial charge is 0.230 e. The van der Waals surface area contributed by atoms with Crippen molar-refractivity contribution < 1.29 is 14.3 Å². The molecule has 7 nitrogen and oxygen atoms in total. The second-order valence-corrected chi connectivity index (χ2v) is 9.42. The zero-order chi connectivity index (χ0) is 22.2. The van der Waals surface area contributed by atoms with E-state index < -0.39 is 0 Å². The highest BCUT2D eigenvalue weighted by molar-refractivity contribution is 7.99. The van der Waals surface area contributed by atoms with E-state index in [0.29, 0.717) is 23.5 Å². The number of hydrogen-bond donors (Lipinski definition) is 1. The van der Waals surface area contributed by atoms with Crippen LogP contribution in [0.25, 0.3) is 0 Å². The van der Waals surface area contributed by atoms with Crippen molar-refractivity contribution in [1.29, 1.82) is 0 Å². The van der Waals surface area contributed by atoms with Crippen LogP contribution in [0.3, 0.4) is 0 Å². The van der Waals surface area contributed by atoms with Crippen molar-refractivity contribution >= 4 is 17.7 Å². The molecule has 0 bridgehead atoms. The first kappa shape index (κ1) is 23.4. The summed E-state index contributed by atoms with van der Waals surface area (Å²) in [6, 6.07) is 7.85. The topological polar surface area (TPSA) is 78.3 Å². The molecule has 1 aliphatic rings. The summed E-state index contributed by atoms with van der Waals surface area (Å²) in [6.45, 7) is 7.04. The monoisotopic (exact) mass is 446 g/mol. The van der Waals surface area contributed by atoms with Crippen LogP contribution in [-0.4, -0.2) is 39.6 Å². The number of hydrogen-bond acceptors (Lipinski definition) is 6. The molecule has 3 rings (SSSR count). The number of carbonyl (C=O) groups excluding carboxylic acids is 1. The molecule has 0 spiro atoms. The summed E-state index contributed by atoms with van der Waals surface area (Å²) in [5, 5.41) is 12.7. The van der Waals surface area contributed by atoms with E-state index in [-0.39, 0.29) is 12.0 Å². The summed E-state index contributed by atoms with van der Waals surface area (Å²) in [7, 11) is 1.63. The molecule has 1 unspecified atom stereocenters. The lowest BCUT2D eigenvalue weighted by atomic mass is 9.95. The van der Waals surface area contributed by atoms with E-state index in [1.165, 1.54) is 31.0 Å². The van der Waals surface area contributed by atoms with E-state index >= 15 is 0 Å². The summed E-state index contributed by atoms with van der Waals surface area (Å²) in [5.74, 6) is 3.04. The van der Waals surface area contributed by atoms with Gasteiger partial charge in [0, 0.05) is 18.7 Å². The average molecular weight is 447 g/mol. The third-order valence-corrected chi connectivity index (χ3v) is 6.28. The van der Waals surface area contributed by atoms with Crippen molar-refractivity contribution in [3.8, 4) is 11.5 Å². The number of methoxy groups -OCH3 is 1. The lowest BCUT2D eigenvalue weighted by Gasteiger charge is -2.22. The number of ether oxygens (including phenoxy) is 2. The molecule has 1 saturated carbocycles. The fourth-order valence-corrected chi connectivity index (χ4v) is 4.59. The number of rotatable bonds is 10. The molecule has 1 fully saturated rings. The van der Waals surface area contributed by atoms with Gasteiger partial charge in [0.05, 0.1) is 12.9 Å². The van der Waals surface area contributed by atoms with Crippen LogP contribution in [0.1, 0.15) is 64.8 Å². The first-order valence-electron chi connectivity index (χ1n) is 11.1. The van der Waals surface area contributed by atoms with Crippen molar-refractivity contribution in [2.24, 2.45) is 5.92 Å². The Kier molecular flexibility index (Phi) is 8.63. The molecule has 31 heavy (non-hydrogen) atoms. The summed E-state index contributed by atoms with van der Waals surface area (Å²) in [6.07, 6.45) is 5.57. The molecular formula is C23H34N4O3S. The van der Waals surface area contributed by atoms with Gasteiger partial charge in [-0.15, -0.1) is 10.2 Å². The highest BCUT2D eigenvalue weighted by Gasteiger charge is 2.22. The van der Waals surface area contributed by atoms with Crippen LogP contribution >= 0.6 is 11.8 Å².